The molecule has 0 saturated heterocycles. The topological polar surface area (TPSA) is 58.6 Å². The number of benzene rings is 3. The number of ether oxygens (including phenoxy) is 1. The SMILES string of the molecule is COC(=O)[C@@H](NC(c1ccccc1)(c1ccccc1)c1ccccc1)[C@H](C)O. The maximum absolute atomic E-state index is 12.5. The van der Waals surface area contributed by atoms with Gasteiger partial charge in [0.1, 0.15) is 6.04 Å². The first-order valence-corrected chi connectivity index (χ1v) is 9.29. The van der Waals surface area contributed by atoms with Crippen LogP contribution in [-0.4, -0.2) is 30.3 Å². The summed E-state index contributed by atoms with van der Waals surface area (Å²) in [6, 6.07) is 28.8. The molecule has 144 valence electrons. The largest absolute Gasteiger partial charge is 0.468 e. The van der Waals surface area contributed by atoms with Crippen LogP contribution in [0.15, 0.2) is 91.0 Å². The van der Waals surface area contributed by atoms with Crippen molar-refractivity contribution in [1.29, 1.82) is 0 Å². The van der Waals surface area contributed by atoms with Crippen molar-refractivity contribution in [3.63, 3.8) is 0 Å². The molecule has 3 aromatic rings. The van der Waals surface area contributed by atoms with Gasteiger partial charge in [-0.05, 0) is 23.6 Å². The van der Waals surface area contributed by atoms with Gasteiger partial charge in [0.25, 0.3) is 0 Å². The molecular weight excluding hydrogens is 350 g/mol. The monoisotopic (exact) mass is 375 g/mol. The first-order chi connectivity index (χ1) is 13.6. The molecule has 0 radical (unpaired) electrons. The van der Waals surface area contributed by atoms with E-state index in [1.165, 1.54) is 7.11 Å². The van der Waals surface area contributed by atoms with Crippen molar-refractivity contribution in [2.75, 3.05) is 7.11 Å². The van der Waals surface area contributed by atoms with E-state index in [2.05, 4.69) is 5.32 Å². The van der Waals surface area contributed by atoms with Crippen LogP contribution in [0.3, 0.4) is 0 Å². The van der Waals surface area contributed by atoms with Crippen molar-refractivity contribution in [2.45, 2.75) is 24.6 Å². The summed E-state index contributed by atoms with van der Waals surface area (Å²) < 4.78 is 4.97. The fourth-order valence-corrected chi connectivity index (χ4v) is 3.55. The van der Waals surface area contributed by atoms with Gasteiger partial charge in [0, 0.05) is 0 Å². The molecular formula is C24H25NO3. The summed E-state index contributed by atoms with van der Waals surface area (Å²) in [5.74, 6) is -0.512. The molecule has 0 aliphatic heterocycles. The van der Waals surface area contributed by atoms with Gasteiger partial charge >= 0.3 is 5.97 Å². The van der Waals surface area contributed by atoms with Gasteiger partial charge in [-0.15, -0.1) is 0 Å². The summed E-state index contributed by atoms with van der Waals surface area (Å²) in [5, 5.41) is 13.8. The first kappa shape index (κ1) is 19.8. The Labute approximate surface area is 165 Å². The number of carbonyl (C=O) groups excluding carboxylic acids is 1. The average Bonchev–Trinajstić information content (AvgIpc) is 2.76. The van der Waals surface area contributed by atoms with Crippen molar-refractivity contribution >= 4 is 5.97 Å². The van der Waals surface area contributed by atoms with Crippen LogP contribution in [-0.2, 0) is 15.1 Å². The van der Waals surface area contributed by atoms with E-state index in [-0.39, 0.29) is 0 Å². The summed E-state index contributed by atoms with van der Waals surface area (Å²) in [7, 11) is 1.33. The normalized spacial score (nSPS) is 13.5. The Morgan fingerprint density at radius 2 is 1.18 bits per heavy atom. The highest BCUT2D eigenvalue weighted by molar-refractivity contribution is 5.77. The molecule has 0 fully saturated rings. The third kappa shape index (κ3) is 3.84. The molecule has 0 aliphatic carbocycles. The second kappa shape index (κ2) is 8.83. The molecule has 2 atom stereocenters. The average molecular weight is 375 g/mol. The molecule has 3 rings (SSSR count). The van der Waals surface area contributed by atoms with Crippen LogP contribution >= 0.6 is 0 Å². The molecule has 0 amide bonds. The standard InChI is InChI=1S/C24H25NO3/c1-18(26)22(23(27)28-2)25-24(19-12-6-3-7-13-19,20-14-8-4-9-15-20)21-16-10-5-11-17-21/h3-18,22,25-26H,1-2H3/t18-,22-/m0/s1. The van der Waals surface area contributed by atoms with Gasteiger partial charge in [-0.3, -0.25) is 10.1 Å². The Morgan fingerprint density at radius 1 is 0.821 bits per heavy atom. The van der Waals surface area contributed by atoms with E-state index in [4.69, 9.17) is 4.74 Å². The van der Waals surface area contributed by atoms with Gasteiger partial charge in [0.15, 0.2) is 0 Å². The number of carbonyl (C=O) groups is 1. The summed E-state index contributed by atoms with van der Waals surface area (Å²) >= 11 is 0. The Kier molecular flexibility index (Phi) is 6.24. The second-order valence-electron chi connectivity index (χ2n) is 6.73. The van der Waals surface area contributed by atoms with Gasteiger partial charge < -0.3 is 9.84 Å². The molecule has 0 unspecified atom stereocenters. The van der Waals surface area contributed by atoms with Gasteiger partial charge in [0.2, 0.25) is 0 Å². The highest BCUT2D eigenvalue weighted by Crippen LogP contribution is 2.37. The third-order valence-corrected chi connectivity index (χ3v) is 4.93. The Balaban J connectivity index is 2.29. The molecule has 4 heteroatoms. The number of aliphatic hydroxyl groups excluding tert-OH is 1. The lowest BCUT2D eigenvalue weighted by Gasteiger charge is -2.40. The van der Waals surface area contributed by atoms with E-state index < -0.39 is 23.7 Å². The number of rotatable bonds is 7. The fraction of sp³-hybridized carbons (Fsp3) is 0.208. The molecule has 0 aromatic heterocycles. The fourth-order valence-electron chi connectivity index (χ4n) is 3.55. The summed E-state index contributed by atoms with van der Waals surface area (Å²) in [5.41, 5.74) is 2.03. The lowest BCUT2D eigenvalue weighted by Crippen LogP contribution is -2.56. The lowest BCUT2D eigenvalue weighted by molar-refractivity contribution is -0.146. The summed E-state index contributed by atoms with van der Waals surface area (Å²) in [6.07, 6.45) is -0.942. The van der Waals surface area contributed by atoms with Crippen molar-refractivity contribution in [3.05, 3.63) is 108 Å². The molecule has 0 aliphatic rings. The zero-order valence-corrected chi connectivity index (χ0v) is 16.1. The van der Waals surface area contributed by atoms with E-state index in [9.17, 15) is 9.90 Å². The minimum absolute atomic E-state index is 0.512. The van der Waals surface area contributed by atoms with Crippen LogP contribution in [0, 0.1) is 0 Å². The maximum atomic E-state index is 12.5. The van der Waals surface area contributed by atoms with E-state index in [1.807, 2.05) is 91.0 Å². The van der Waals surface area contributed by atoms with Crippen LogP contribution in [0.4, 0.5) is 0 Å². The predicted molar refractivity (Wildman–Crippen MR) is 110 cm³/mol. The molecule has 0 saturated carbocycles. The zero-order valence-electron chi connectivity index (χ0n) is 16.1. The van der Waals surface area contributed by atoms with Gasteiger partial charge in [0.05, 0.1) is 18.8 Å². The molecule has 2 N–H and O–H groups in total. The smallest absolute Gasteiger partial charge is 0.325 e. The number of hydrogen-bond acceptors (Lipinski definition) is 4. The summed E-state index contributed by atoms with van der Waals surface area (Å²) in [4.78, 5) is 12.5. The van der Waals surface area contributed by atoms with E-state index >= 15 is 0 Å². The minimum Gasteiger partial charge on any atom is -0.468 e. The van der Waals surface area contributed by atoms with Crippen molar-refractivity contribution < 1.29 is 14.6 Å². The molecule has 28 heavy (non-hydrogen) atoms. The first-order valence-electron chi connectivity index (χ1n) is 9.29. The quantitative estimate of drug-likeness (QED) is 0.490. The highest BCUT2D eigenvalue weighted by atomic mass is 16.5. The molecule has 3 aromatic carbocycles. The third-order valence-electron chi connectivity index (χ3n) is 4.93. The zero-order chi connectivity index (χ0) is 20.0. The summed E-state index contributed by atoms with van der Waals surface area (Å²) in [6.45, 7) is 1.58. The van der Waals surface area contributed by atoms with E-state index in [0.717, 1.165) is 16.7 Å². The van der Waals surface area contributed by atoms with Crippen molar-refractivity contribution in [3.8, 4) is 0 Å². The van der Waals surface area contributed by atoms with Crippen molar-refractivity contribution in [2.24, 2.45) is 0 Å². The van der Waals surface area contributed by atoms with Gasteiger partial charge in [-0.1, -0.05) is 91.0 Å². The van der Waals surface area contributed by atoms with Crippen LogP contribution in [0.25, 0.3) is 0 Å². The maximum Gasteiger partial charge on any atom is 0.325 e. The lowest BCUT2D eigenvalue weighted by atomic mass is 9.76. The Bertz CT molecular complexity index is 783. The van der Waals surface area contributed by atoms with E-state index in [1.54, 1.807) is 6.92 Å². The predicted octanol–water partition coefficient (Wildman–Crippen LogP) is 3.49. The minimum atomic E-state index is -0.942. The molecule has 0 bridgehead atoms. The van der Waals surface area contributed by atoms with Gasteiger partial charge in [-0.2, -0.15) is 0 Å². The van der Waals surface area contributed by atoms with Gasteiger partial charge in [-0.25, -0.2) is 0 Å². The highest BCUT2D eigenvalue weighted by Gasteiger charge is 2.41. The number of esters is 1. The number of hydrogen-bond donors (Lipinski definition) is 2. The van der Waals surface area contributed by atoms with Crippen molar-refractivity contribution in [1.82, 2.24) is 5.32 Å². The molecule has 0 spiro atoms. The number of aliphatic hydroxyl groups is 1. The van der Waals surface area contributed by atoms with Crippen LogP contribution in [0.5, 0.6) is 0 Å². The van der Waals surface area contributed by atoms with Crippen LogP contribution < -0.4 is 5.32 Å². The number of nitrogens with one attached hydrogen (secondary N) is 1. The Hall–Kier alpha value is -2.95. The Morgan fingerprint density at radius 3 is 1.46 bits per heavy atom. The number of methoxy groups -OCH3 is 1. The molecule has 0 heterocycles. The van der Waals surface area contributed by atoms with Crippen LogP contribution in [0.1, 0.15) is 23.6 Å². The van der Waals surface area contributed by atoms with E-state index in [0.29, 0.717) is 0 Å². The molecule has 4 nitrogen and oxygen atoms in total. The second-order valence-corrected chi connectivity index (χ2v) is 6.73. The van der Waals surface area contributed by atoms with Crippen LogP contribution in [0.2, 0.25) is 0 Å².